The van der Waals surface area contributed by atoms with Crippen LogP contribution < -0.4 is 9.47 Å². The van der Waals surface area contributed by atoms with Crippen LogP contribution >= 0.6 is 0 Å². The average Bonchev–Trinajstić information content (AvgIpc) is 3.43. The van der Waals surface area contributed by atoms with Crippen LogP contribution in [-0.2, 0) is 22.6 Å². The van der Waals surface area contributed by atoms with Gasteiger partial charge in [-0.15, -0.1) is 0 Å². The van der Waals surface area contributed by atoms with Gasteiger partial charge in [0.25, 0.3) is 5.91 Å². The predicted molar refractivity (Wildman–Crippen MR) is 136 cm³/mol. The number of hydrogen-bond acceptors (Lipinski definition) is 6. The van der Waals surface area contributed by atoms with Crippen LogP contribution in [0.3, 0.4) is 0 Å². The van der Waals surface area contributed by atoms with Crippen molar-refractivity contribution in [3.63, 3.8) is 0 Å². The lowest BCUT2D eigenvalue weighted by Crippen LogP contribution is -2.43. The Balaban J connectivity index is 1.84. The molecule has 0 aliphatic heterocycles. The van der Waals surface area contributed by atoms with E-state index in [9.17, 15) is 14.0 Å². The van der Waals surface area contributed by atoms with E-state index in [1.54, 1.807) is 47.4 Å². The van der Waals surface area contributed by atoms with E-state index < -0.39 is 0 Å². The highest BCUT2D eigenvalue weighted by molar-refractivity contribution is 5.97. The van der Waals surface area contributed by atoms with Crippen molar-refractivity contribution in [2.45, 2.75) is 26.4 Å². The van der Waals surface area contributed by atoms with Crippen molar-refractivity contribution in [3.8, 4) is 11.5 Å². The molecule has 0 aliphatic carbocycles. The Hall–Kier alpha value is -3.85. The lowest BCUT2D eigenvalue weighted by Gasteiger charge is -2.28. The summed E-state index contributed by atoms with van der Waals surface area (Å²) in [7, 11) is 3.02. The van der Waals surface area contributed by atoms with Crippen molar-refractivity contribution in [1.82, 2.24) is 9.80 Å². The zero-order valence-corrected chi connectivity index (χ0v) is 21.4. The van der Waals surface area contributed by atoms with Crippen LogP contribution in [0.1, 0.15) is 35.0 Å². The minimum atomic E-state index is -0.354. The molecule has 0 saturated carbocycles. The molecule has 0 spiro atoms. The number of ether oxygens (including phenoxy) is 3. The van der Waals surface area contributed by atoms with Gasteiger partial charge in [0.15, 0.2) is 0 Å². The average molecular weight is 513 g/mol. The normalized spacial score (nSPS) is 10.7. The molecule has 37 heavy (non-hydrogen) atoms. The molecule has 3 aromatic rings. The number of carbonyl (C=O) groups excluding carboxylic acids is 2. The predicted octanol–water partition coefficient (Wildman–Crippen LogP) is 4.53. The van der Waals surface area contributed by atoms with Gasteiger partial charge in [-0.25, -0.2) is 4.39 Å². The summed E-state index contributed by atoms with van der Waals surface area (Å²) in [5, 5.41) is 0. The molecule has 0 unspecified atom stereocenters. The van der Waals surface area contributed by atoms with Crippen LogP contribution in [0.2, 0.25) is 0 Å². The van der Waals surface area contributed by atoms with Crippen LogP contribution in [0.25, 0.3) is 0 Å². The standard InChI is InChI=1S/C28H33FN2O6/c1-4-36-13-6-12-30(28(33)22-15-25(34-2)17-26(16-22)35-3)20-27(32)31(19-24-7-5-14-37-24)18-21-8-10-23(29)11-9-21/h5,7-11,14-17H,4,6,12-13,18-20H2,1-3H3. The fourth-order valence-electron chi connectivity index (χ4n) is 3.76. The van der Waals surface area contributed by atoms with Gasteiger partial charge in [-0.05, 0) is 55.3 Å². The Kier molecular flexibility index (Phi) is 10.5. The van der Waals surface area contributed by atoms with E-state index in [0.29, 0.717) is 49.0 Å². The summed E-state index contributed by atoms with van der Waals surface area (Å²) in [5.41, 5.74) is 1.10. The summed E-state index contributed by atoms with van der Waals surface area (Å²) in [6, 6.07) is 14.4. The summed E-state index contributed by atoms with van der Waals surface area (Å²) < 4.78 is 34.9. The Morgan fingerprint density at radius 1 is 0.946 bits per heavy atom. The molecule has 0 aliphatic rings. The molecular formula is C28H33FN2O6. The molecule has 0 fully saturated rings. The first-order valence-electron chi connectivity index (χ1n) is 12.1. The summed E-state index contributed by atoms with van der Waals surface area (Å²) in [5.74, 6) is 0.579. The molecule has 0 saturated heterocycles. The number of halogens is 1. The first kappa shape index (κ1) is 27.7. The highest BCUT2D eigenvalue weighted by atomic mass is 19.1. The topological polar surface area (TPSA) is 81.5 Å². The third-order valence-electron chi connectivity index (χ3n) is 5.70. The molecular weight excluding hydrogens is 479 g/mol. The first-order chi connectivity index (χ1) is 17.9. The second-order valence-electron chi connectivity index (χ2n) is 8.33. The lowest BCUT2D eigenvalue weighted by atomic mass is 10.1. The van der Waals surface area contributed by atoms with Gasteiger partial charge in [0.2, 0.25) is 5.91 Å². The fourth-order valence-corrected chi connectivity index (χ4v) is 3.76. The summed E-state index contributed by atoms with van der Waals surface area (Å²) >= 11 is 0. The molecule has 1 aromatic heterocycles. The number of rotatable bonds is 14. The minimum Gasteiger partial charge on any atom is -0.497 e. The monoisotopic (exact) mass is 512 g/mol. The summed E-state index contributed by atoms with van der Waals surface area (Å²) in [6.07, 6.45) is 2.10. The van der Waals surface area contributed by atoms with Crippen molar-refractivity contribution in [3.05, 3.63) is 83.6 Å². The fraction of sp³-hybridized carbons (Fsp3) is 0.357. The molecule has 3 rings (SSSR count). The van der Waals surface area contributed by atoms with E-state index in [2.05, 4.69) is 0 Å². The first-order valence-corrected chi connectivity index (χ1v) is 12.1. The second-order valence-corrected chi connectivity index (χ2v) is 8.33. The van der Waals surface area contributed by atoms with Crippen molar-refractivity contribution in [2.75, 3.05) is 40.5 Å². The Morgan fingerprint density at radius 3 is 2.24 bits per heavy atom. The molecule has 0 radical (unpaired) electrons. The molecule has 8 nitrogen and oxygen atoms in total. The number of furan rings is 1. The number of methoxy groups -OCH3 is 2. The van der Waals surface area contributed by atoms with Crippen LogP contribution in [0, 0.1) is 5.82 Å². The third-order valence-corrected chi connectivity index (χ3v) is 5.70. The van der Waals surface area contributed by atoms with E-state index in [1.807, 2.05) is 6.92 Å². The highest BCUT2D eigenvalue weighted by Gasteiger charge is 2.24. The SMILES string of the molecule is CCOCCCN(CC(=O)N(Cc1ccc(F)cc1)Cc1ccco1)C(=O)c1cc(OC)cc(OC)c1. The molecule has 2 aromatic carbocycles. The van der Waals surface area contributed by atoms with E-state index in [0.717, 1.165) is 5.56 Å². The third kappa shape index (κ3) is 8.35. The number of nitrogens with zero attached hydrogens (tertiary/aromatic N) is 2. The number of benzene rings is 2. The maximum Gasteiger partial charge on any atom is 0.254 e. The van der Waals surface area contributed by atoms with Crippen LogP contribution in [0.15, 0.2) is 65.3 Å². The van der Waals surface area contributed by atoms with Gasteiger partial charge in [0, 0.05) is 37.9 Å². The van der Waals surface area contributed by atoms with Gasteiger partial charge in [-0.2, -0.15) is 0 Å². The zero-order valence-electron chi connectivity index (χ0n) is 21.4. The smallest absolute Gasteiger partial charge is 0.254 e. The van der Waals surface area contributed by atoms with E-state index in [1.165, 1.54) is 37.5 Å². The number of amides is 2. The van der Waals surface area contributed by atoms with Gasteiger partial charge in [0.05, 0.1) is 27.0 Å². The number of hydrogen-bond donors (Lipinski definition) is 0. The Bertz CT molecular complexity index is 1110. The molecule has 0 N–H and O–H groups in total. The van der Waals surface area contributed by atoms with E-state index in [4.69, 9.17) is 18.6 Å². The second kappa shape index (κ2) is 14.0. The highest BCUT2D eigenvalue weighted by Crippen LogP contribution is 2.24. The quantitative estimate of drug-likeness (QED) is 0.295. The largest absolute Gasteiger partial charge is 0.497 e. The maximum atomic E-state index is 13.6. The molecule has 1 heterocycles. The minimum absolute atomic E-state index is 0.160. The van der Waals surface area contributed by atoms with Crippen molar-refractivity contribution in [2.24, 2.45) is 0 Å². The maximum absolute atomic E-state index is 13.6. The van der Waals surface area contributed by atoms with Crippen molar-refractivity contribution >= 4 is 11.8 Å². The molecule has 9 heteroatoms. The molecule has 198 valence electrons. The summed E-state index contributed by atoms with van der Waals surface area (Å²) in [6.45, 7) is 3.51. The van der Waals surface area contributed by atoms with Gasteiger partial charge in [-0.3, -0.25) is 9.59 Å². The van der Waals surface area contributed by atoms with Crippen molar-refractivity contribution < 1.29 is 32.6 Å². The van der Waals surface area contributed by atoms with E-state index >= 15 is 0 Å². The number of carbonyl (C=O) groups is 2. The van der Waals surface area contributed by atoms with Gasteiger partial charge in [-0.1, -0.05) is 12.1 Å². The van der Waals surface area contributed by atoms with Crippen LogP contribution in [-0.4, -0.2) is 62.1 Å². The molecule has 2 amide bonds. The van der Waals surface area contributed by atoms with Gasteiger partial charge < -0.3 is 28.4 Å². The van der Waals surface area contributed by atoms with Crippen LogP contribution in [0.4, 0.5) is 4.39 Å². The van der Waals surface area contributed by atoms with Crippen LogP contribution in [0.5, 0.6) is 11.5 Å². The van der Waals surface area contributed by atoms with E-state index in [-0.39, 0.29) is 37.3 Å². The van der Waals surface area contributed by atoms with Gasteiger partial charge >= 0.3 is 0 Å². The molecule has 0 atom stereocenters. The lowest BCUT2D eigenvalue weighted by molar-refractivity contribution is -0.133. The van der Waals surface area contributed by atoms with Gasteiger partial charge in [0.1, 0.15) is 29.6 Å². The molecule has 0 bridgehead atoms. The zero-order chi connectivity index (χ0) is 26.6. The van der Waals surface area contributed by atoms with Crippen molar-refractivity contribution in [1.29, 1.82) is 0 Å². The Labute approximate surface area is 216 Å². The Morgan fingerprint density at radius 2 is 1.65 bits per heavy atom. The summed E-state index contributed by atoms with van der Waals surface area (Å²) in [4.78, 5) is 30.2.